The molecule has 78 valence electrons. The Morgan fingerprint density at radius 2 is 1.64 bits per heavy atom. The Hall–Kier alpha value is -0.400. The van der Waals surface area contributed by atoms with Crippen LogP contribution in [0.3, 0.4) is 0 Å². The first-order valence-electron chi connectivity index (χ1n) is 4.68. The molecule has 0 fully saturated rings. The van der Waals surface area contributed by atoms with Gasteiger partial charge < -0.3 is 5.11 Å². The highest BCUT2D eigenvalue weighted by Gasteiger charge is 2.08. The molecule has 0 aliphatic rings. The molecule has 1 aromatic carbocycles. The molecule has 1 N–H and O–H groups in total. The molecule has 14 heavy (non-hydrogen) atoms. The van der Waals surface area contributed by atoms with E-state index in [2.05, 4.69) is 6.92 Å². The molecule has 0 aromatic heterocycles. The minimum atomic E-state index is 0.245. The first kappa shape index (κ1) is 11.7. The number of rotatable bonds is 4. The lowest BCUT2D eigenvalue weighted by molar-refractivity contribution is 0.465. The normalized spacial score (nSPS) is 10.5. The zero-order chi connectivity index (χ0) is 10.6. The van der Waals surface area contributed by atoms with E-state index in [-0.39, 0.29) is 5.75 Å². The van der Waals surface area contributed by atoms with Crippen molar-refractivity contribution in [1.82, 2.24) is 0 Å². The van der Waals surface area contributed by atoms with E-state index in [1.54, 1.807) is 0 Å². The number of halogens is 2. The Balaban J connectivity index is 3.11. The molecule has 1 nitrogen and oxygen atoms in total. The van der Waals surface area contributed by atoms with Crippen LogP contribution in [0.4, 0.5) is 0 Å². The lowest BCUT2D eigenvalue weighted by atomic mass is 10.0. The molecular weight excluding hydrogens is 219 g/mol. The number of aromatic hydroxyl groups is 1. The molecule has 0 saturated heterocycles. The zero-order valence-electron chi connectivity index (χ0n) is 8.19. The highest BCUT2D eigenvalue weighted by molar-refractivity contribution is 6.18. The van der Waals surface area contributed by atoms with Gasteiger partial charge in [-0.1, -0.05) is 25.5 Å². The molecule has 1 rings (SSSR count). The molecule has 0 saturated carbocycles. The summed E-state index contributed by atoms with van der Waals surface area (Å²) in [5.41, 5.74) is 2.73. The van der Waals surface area contributed by atoms with Crippen molar-refractivity contribution in [3.8, 4) is 5.75 Å². The van der Waals surface area contributed by atoms with Crippen LogP contribution in [0.25, 0.3) is 0 Å². The molecule has 0 aliphatic heterocycles. The van der Waals surface area contributed by atoms with E-state index in [9.17, 15) is 5.11 Å². The van der Waals surface area contributed by atoms with Crippen LogP contribution in [-0.4, -0.2) is 5.11 Å². The second kappa shape index (κ2) is 5.47. The Kier molecular flexibility index (Phi) is 4.56. The predicted molar refractivity (Wildman–Crippen MR) is 61.2 cm³/mol. The van der Waals surface area contributed by atoms with Gasteiger partial charge in [-0.2, -0.15) is 0 Å². The molecule has 0 radical (unpaired) electrons. The van der Waals surface area contributed by atoms with Crippen LogP contribution in [0.1, 0.15) is 30.0 Å². The Bertz CT molecular complexity index is 285. The van der Waals surface area contributed by atoms with E-state index in [0.717, 1.165) is 24.0 Å². The Morgan fingerprint density at radius 3 is 2.00 bits per heavy atom. The van der Waals surface area contributed by atoms with E-state index in [4.69, 9.17) is 23.2 Å². The van der Waals surface area contributed by atoms with Crippen molar-refractivity contribution in [2.45, 2.75) is 31.5 Å². The Labute approximate surface area is 94.7 Å². The van der Waals surface area contributed by atoms with Crippen LogP contribution < -0.4 is 0 Å². The topological polar surface area (TPSA) is 20.2 Å². The maximum atomic E-state index is 9.71. The summed E-state index contributed by atoms with van der Waals surface area (Å²) in [5.74, 6) is 0.899. The SMILES string of the molecule is CCCc1cc(CCl)c(O)c(CCl)c1. The molecule has 0 aliphatic carbocycles. The lowest BCUT2D eigenvalue weighted by Gasteiger charge is -2.09. The third-order valence-corrected chi connectivity index (χ3v) is 2.73. The number of hydrogen-bond donors (Lipinski definition) is 1. The summed E-state index contributed by atoms with van der Waals surface area (Å²) in [6.07, 6.45) is 2.07. The van der Waals surface area contributed by atoms with Crippen LogP contribution >= 0.6 is 23.2 Å². The van der Waals surface area contributed by atoms with Crippen molar-refractivity contribution >= 4 is 23.2 Å². The highest BCUT2D eigenvalue weighted by Crippen LogP contribution is 2.27. The summed E-state index contributed by atoms with van der Waals surface area (Å²) < 4.78 is 0. The maximum absolute atomic E-state index is 9.71. The molecule has 0 heterocycles. The summed E-state index contributed by atoms with van der Waals surface area (Å²) in [5, 5.41) is 9.71. The van der Waals surface area contributed by atoms with Crippen molar-refractivity contribution in [1.29, 1.82) is 0 Å². The number of benzene rings is 1. The van der Waals surface area contributed by atoms with E-state index < -0.39 is 0 Å². The van der Waals surface area contributed by atoms with Crippen LogP contribution in [0.15, 0.2) is 12.1 Å². The largest absolute Gasteiger partial charge is 0.507 e. The third kappa shape index (κ3) is 2.55. The van der Waals surface area contributed by atoms with Gasteiger partial charge in [0.25, 0.3) is 0 Å². The third-order valence-electron chi connectivity index (χ3n) is 2.15. The quantitative estimate of drug-likeness (QED) is 0.783. The van der Waals surface area contributed by atoms with Gasteiger partial charge in [-0.25, -0.2) is 0 Å². The molecule has 1 aromatic rings. The molecule has 0 amide bonds. The van der Waals surface area contributed by atoms with Gasteiger partial charge in [-0.15, -0.1) is 23.2 Å². The fourth-order valence-corrected chi connectivity index (χ4v) is 1.88. The zero-order valence-corrected chi connectivity index (χ0v) is 9.70. The summed E-state index contributed by atoms with van der Waals surface area (Å²) in [6.45, 7) is 2.12. The van der Waals surface area contributed by atoms with E-state index in [0.29, 0.717) is 11.8 Å². The van der Waals surface area contributed by atoms with E-state index in [1.807, 2.05) is 12.1 Å². The van der Waals surface area contributed by atoms with Crippen LogP contribution in [0.5, 0.6) is 5.75 Å². The fraction of sp³-hybridized carbons (Fsp3) is 0.455. The molecule has 0 bridgehead atoms. The van der Waals surface area contributed by atoms with Gasteiger partial charge in [0.05, 0.1) is 11.8 Å². The molecule has 0 unspecified atom stereocenters. The van der Waals surface area contributed by atoms with Crippen LogP contribution in [-0.2, 0) is 18.2 Å². The minimum absolute atomic E-state index is 0.245. The van der Waals surface area contributed by atoms with Gasteiger partial charge in [0, 0.05) is 11.1 Å². The van der Waals surface area contributed by atoms with Crippen molar-refractivity contribution in [2.75, 3.05) is 0 Å². The molecule has 3 heteroatoms. The van der Waals surface area contributed by atoms with Gasteiger partial charge in [-0.3, -0.25) is 0 Å². The van der Waals surface area contributed by atoms with Gasteiger partial charge in [0.1, 0.15) is 5.75 Å². The maximum Gasteiger partial charge on any atom is 0.124 e. The van der Waals surface area contributed by atoms with Crippen molar-refractivity contribution < 1.29 is 5.11 Å². The Morgan fingerprint density at radius 1 is 1.14 bits per heavy atom. The number of aryl methyl sites for hydroxylation is 1. The van der Waals surface area contributed by atoms with E-state index in [1.165, 1.54) is 5.56 Å². The standard InChI is InChI=1S/C11H14Cl2O/c1-2-3-8-4-9(6-12)11(14)10(5-8)7-13/h4-5,14H,2-3,6-7H2,1H3. The molecule has 0 spiro atoms. The monoisotopic (exact) mass is 232 g/mol. The van der Waals surface area contributed by atoms with Crippen molar-refractivity contribution in [3.05, 3.63) is 28.8 Å². The summed E-state index contributed by atoms with van der Waals surface area (Å²) in [4.78, 5) is 0. The smallest absolute Gasteiger partial charge is 0.124 e. The summed E-state index contributed by atoms with van der Waals surface area (Å²) >= 11 is 11.5. The average Bonchev–Trinajstić information content (AvgIpc) is 2.20. The first-order chi connectivity index (χ1) is 6.72. The fourth-order valence-electron chi connectivity index (χ4n) is 1.47. The highest BCUT2D eigenvalue weighted by atomic mass is 35.5. The second-order valence-corrected chi connectivity index (χ2v) is 3.81. The molecule has 0 atom stereocenters. The summed E-state index contributed by atoms with van der Waals surface area (Å²) in [6, 6.07) is 3.89. The van der Waals surface area contributed by atoms with Crippen molar-refractivity contribution in [2.24, 2.45) is 0 Å². The number of alkyl halides is 2. The van der Waals surface area contributed by atoms with Gasteiger partial charge in [0.2, 0.25) is 0 Å². The molecular formula is C11H14Cl2O. The van der Waals surface area contributed by atoms with Crippen molar-refractivity contribution in [3.63, 3.8) is 0 Å². The van der Waals surface area contributed by atoms with Crippen LogP contribution in [0, 0.1) is 0 Å². The lowest BCUT2D eigenvalue weighted by Crippen LogP contribution is -1.92. The average molecular weight is 233 g/mol. The minimum Gasteiger partial charge on any atom is -0.507 e. The van der Waals surface area contributed by atoms with Crippen LogP contribution in [0.2, 0.25) is 0 Å². The summed E-state index contributed by atoms with van der Waals surface area (Å²) in [7, 11) is 0. The second-order valence-electron chi connectivity index (χ2n) is 3.28. The first-order valence-corrected chi connectivity index (χ1v) is 5.75. The van der Waals surface area contributed by atoms with Gasteiger partial charge in [-0.05, 0) is 12.0 Å². The van der Waals surface area contributed by atoms with Gasteiger partial charge >= 0.3 is 0 Å². The number of hydrogen-bond acceptors (Lipinski definition) is 1. The van der Waals surface area contributed by atoms with E-state index >= 15 is 0 Å². The van der Waals surface area contributed by atoms with Gasteiger partial charge in [0.15, 0.2) is 0 Å². The number of phenolic OH excluding ortho intramolecular Hbond substituents is 1. The predicted octanol–water partition coefficient (Wildman–Crippen LogP) is 3.82. The number of phenols is 1.